The number of amides is 1. The van der Waals surface area contributed by atoms with E-state index in [2.05, 4.69) is 20.9 Å². The Bertz CT molecular complexity index is 1220. The largest absolute Gasteiger partial charge is 0.508 e. The topological polar surface area (TPSA) is 96.0 Å². The predicted molar refractivity (Wildman–Crippen MR) is 117 cm³/mol. The smallest absolute Gasteiger partial charge is 0.282 e. The van der Waals surface area contributed by atoms with Gasteiger partial charge in [-0.15, -0.1) is 0 Å². The molecule has 0 aliphatic carbocycles. The van der Waals surface area contributed by atoms with E-state index in [1.54, 1.807) is 30.3 Å². The van der Waals surface area contributed by atoms with E-state index in [0.29, 0.717) is 17.1 Å². The van der Waals surface area contributed by atoms with Gasteiger partial charge in [0.15, 0.2) is 0 Å². The van der Waals surface area contributed by atoms with Crippen LogP contribution >= 0.6 is 15.9 Å². The second-order valence-electron chi connectivity index (χ2n) is 6.42. The molecule has 0 fully saturated rings. The van der Waals surface area contributed by atoms with E-state index in [0.717, 1.165) is 4.47 Å². The van der Waals surface area contributed by atoms with Gasteiger partial charge in [0.1, 0.15) is 17.3 Å². The molecule has 1 aliphatic heterocycles. The van der Waals surface area contributed by atoms with Crippen LogP contribution in [0.1, 0.15) is 11.1 Å². The van der Waals surface area contributed by atoms with Crippen molar-refractivity contribution >= 4 is 45.1 Å². The van der Waals surface area contributed by atoms with Gasteiger partial charge in [-0.25, -0.2) is 4.99 Å². The van der Waals surface area contributed by atoms with Crippen LogP contribution < -0.4 is 4.90 Å². The Morgan fingerprint density at radius 2 is 1.67 bits per heavy atom. The summed E-state index contributed by atoms with van der Waals surface area (Å²) in [6, 6.07) is 19.7. The molecule has 1 heterocycles. The van der Waals surface area contributed by atoms with Crippen LogP contribution in [0.25, 0.3) is 6.08 Å². The van der Waals surface area contributed by atoms with Crippen molar-refractivity contribution in [2.24, 2.45) is 4.99 Å². The van der Waals surface area contributed by atoms with Gasteiger partial charge < -0.3 is 5.11 Å². The van der Waals surface area contributed by atoms with Gasteiger partial charge in [-0.3, -0.25) is 19.8 Å². The minimum Gasteiger partial charge on any atom is -0.508 e. The first-order valence-corrected chi connectivity index (χ1v) is 9.67. The third-order valence-corrected chi connectivity index (χ3v) is 5.20. The molecule has 1 N–H and O–H groups in total. The normalized spacial score (nSPS) is 14.8. The Morgan fingerprint density at radius 1 is 1.00 bits per heavy atom. The lowest BCUT2D eigenvalue weighted by Gasteiger charge is -2.19. The highest BCUT2D eigenvalue weighted by atomic mass is 79.9. The number of anilines is 1. The van der Waals surface area contributed by atoms with Crippen molar-refractivity contribution in [3.05, 3.63) is 104 Å². The number of carbonyl (C=O) groups is 1. The maximum absolute atomic E-state index is 13.3. The monoisotopic (exact) mass is 463 g/mol. The Balaban J connectivity index is 1.88. The Kier molecular flexibility index (Phi) is 5.16. The Hall–Kier alpha value is -3.78. The number of hydrogen-bond acceptors (Lipinski definition) is 5. The maximum Gasteiger partial charge on any atom is 0.282 e. The van der Waals surface area contributed by atoms with Gasteiger partial charge in [0.2, 0.25) is 0 Å². The van der Waals surface area contributed by atoms with Crippen LogP contribution in [-0.2, 0) is 4.79 Å². The first-order valence-electron chi connectivity index (χ1n) is 8.88. The van der Waals surface area contributed by atoms with Crippen molar-refractivity contribution in [3.63, 3.8) is 0 Å². The second-order valence-corrected chi connectivity index (χ2v) is 7.27. The molecule has 1 aliphatic rings. The molecule has 0 atom stereocenters. The van der Waals surface area contributed by atoms with E-state index in [1.165, 1.54) is 29.2 Å². The zero-order valence-corrected chi connectivity index (χ0v) is 17.0. The quantitative estimate of drug-likeness (QED) is 0.338. The van der Waals surface area contributed by atoms with E-state index in [9.17, 15) is 20.0 Å². The third kappa shape index (κ3) is 3.60. The van der Waals surface area contributed by atoms with Gasteiger partial charge in [-0.1, -0.05) is 46.3 Å². The lowest BCUT2D eigenvalue weighted by molar-refractivity contribution is -0.385. The average molecular weight is 464 g/mol. The summed E-state index contributed by atoms with van der Waals surface area (Å²) in [7, 11) is 0. The highest BCUT2D eigenvalue weighted by molar-refractivity contribution is 9.10. The standard InChI is InChI=1S/C22H14BrN3O4/c23-18-7-3-2-6-17(18)21-24-19(13-14-5-1-4-8-20(14)26(29)30)22(28)25(21)15-9-11-16(27)12-10-15/h1-13,27H/b19-13+. The second kappa shape index (κ2) is 7.92. The summed E-state index contributed by atoms with van der Waals surface area (Å²) in [5, 5.41) is 20.9. The highest BCUT2D eigenvalue weighted by Gasteiger charge is 2.33. The van der Waals surface area contributed by atoms with Crippen LogP contribution in [0.5, 0.6) is 5.75 Å². The lowest BCUT2D eigenvalue weighted by Crippen LogP contribution is -2.32. The fourth-order valence-corrected chi connectivity index (χ4v) is 3.57. The number of carbonyl (C=O) groups excluding carboxylic acids is 1. The molecular formula is C22H14BrN3O4. The predicted octanol–water partition coefficient (Wildman–Crippen LogP) is 4.90. The van der Waals surface area contributed by atoms with Crippen molar-refractivity contribution in [3.8, 4) is 5.75 Å². The molecule has 0 bridgehead atoms. The first-order chi connectivity index (χ1) is 14.5. The van der Waals surface area contributed by atoms with Gasteiger partial charge in [-0.05, 0) is 42.5 Å². The van der Waals surface area contributed by atoms with Crippen LogP contribution in [0.15, 0.2) is 88.0 Å². The molecule has 8 heteroatoms. The van der Waals surface area contributed by atoms with Crippen molar-refractivity contribution in [1.82, 2.24) is 0 Å². The molecule has 7 nitrogen and oxygen atoms in total. The van der Waals surface area contributed by atoms with Gasteiger partial charge in [0.25, 0.3) is 11.6 Å². The molecular weight excluding hydrogens is 450 g/mol. The van der Waals surface area contributed by atoms with Crippen molar-refractivity contribution in [2.75, 3.05) is 4.90 Å². The number of phenols is 1. The Morgan fingerprint density at radius 3 is 2.37 bits per heavy atom. The number of phenolic OH excluding ortho intramolecular Hbond substituents is 1. The van der Waals surface area contributed by atoms with E-state index < -0.39 is 10.8 Å². The molecule has 148 valence electrons. The number of nitro benzene ring substituents is 1. The van der Waals surface area contributed by atoms with E-state index in [4.69, 9.17) is 0 Å². The fraction of sp³-hybridized carbons (Fsp3) is 0. The van der Waals surface area contributed by atoms with E-state index in [-0.39, 0.29) is 22.7 Å². The number of amidine groups is 1. The summed E-state index contributed by atoms with van der Waals surface area (Å²) in [4.78, 5) is 30.0. The fourth-order valence-electron chi connectivity index (χ4n) is 3.10. The molecule has 4 rings (SSSR count). The average Bonchev–Trinajstić information content (AvgIpc) is 3.05. The molecule has 30 heavy (non-hydrogen) atoms. The van der Waals surface area contributed by atoms with E-state index >= 15 is 0 Å². The van der Waals surface area contributed by atoms with Crippen LogP contribution in [0.3, 0.4) is 0 Å². The minimum atomic E-state index is -0.498. The molecule has 3 aromatic rings. The number of halogens is 1. The number of aromatic hydroxyl groups is 1. The molecule has 0 aromatic heterocycles. The molecule has 0 radical (unpaired) electrons. The Labute approximate surface area is 179 Å². The number of hydrogen-bond donors (Lipinski definition) is 1. The van der Waals surface area contributed by atoms with Crippen molar-refractivity contribution < 1.29 is 14.8 Å². The zero-order chi connectivity index (χ0) is 21.3. The SMILES string of the molecule is O=C1/C(=C\c2ccccc2[N+](=O)[O-])N=C(c2ccccc2Br)N1c1ccc(O)cc1. The number of aliphatic imine (C=N–C) groups is 1. The third-order valence-electron chi connectivity index (χ3n) is 4.51. The van der Waals surface area contributed by atoms with Gasteiger partial charge in [-0.2, -0.15) is 0 Å². The molecule has 3 aromatic carbocycles. The summed E-state index contributed by atoms with van der Waals surface area (Å²) >= 11 is 3.49. The van der Waals surface area contributed by atoms with Crippen LogP contribution in [-0.4, -0.2) is 21.8 Å². The van der Waals surface area contributed by atoms with Gasteiger partial charge in [0, 0.05) is 16.1 Å². The lowest BCUT2D eigenvalue weighted by atomic mass is 10.1. The summed E-state index contributed by atoms with van der Waals surface area (Å²) in [5.41, 5.74) is 1.44. The number of nitro groups is 1. The number of rotatable bonds is 4. The molecule has 0 unspecified atom stereocenters. The summed E-state index contributed by atoms with van der Waals surface area (Å²) in [6.07, 6.45) is 1.41. The van der Waals surface area contributed by atoms with Gasteiger partial charge >= 0.3 is 0 Å². The van der Waals surface area contributed by atoms with Crippen molar-refractivity contribution in [2.45, 2.75) is 0 Å². The van der Waals surface area contributed by atoms with Crippen LogP contribution in [0.2, 0.25) is 0 Å². The summed E-state index contributed by atoms with van der Waals surface area (Å²) in [6.45, 7) is 0. The molecule has 0 spiro atoms. The summed E-state index contributed by atoms with van der Waals surface area (Å²) in [5.74, 6) is 0.0213. The van der Waals surface area contributed by atoms with Crippen LogP contribution in [0, 0.1) is 10.1 Å². The van der Waals surface area contributed by atoms with Crippen molar-refractivity contribution in [1.29, 1.82) is 0 Å². The van der Waals surface area contributed by atoms with Gasteiger partial charge in [0.05, 0.1) is 16.2 Å². The zero-order valence-electron chi connectivity index (χ0n) is 15.4. The number of benzene rings is 3. The maximum atomic E-state index is 13.3. The minimum absolute atomic E-state index is 0.0699. The molecule has 0 saturated carbocycles. The summed E-state index contributed by atoms with van der Waals surface area (Å²) < 4.78 is 0.743. The van der Waals surface area contributed by atoms with E-state index in [1.807, 2.05) is 24.3 Å². The molecule has 0 saturated heterocycles. The van der Waals surface area contributed by atoms with Crippen LogP contribution in [0.4, 0.5) is 11.4 Å². The number of nitrogens with zero attached hydrogens (tertiary/aromatic N) is 3. The molecule has 1 amide bonds. The first kappa shape index (κ1) is 19.5. The highest BCUT2D eigenvalue weighted by Crippen LogP contribution is 2.32. The number of para-hydroxylation sites is 1.